The first-order valence-electron chi connectivity index (χ1n) is 7.94. The number of hydrogen-bond acceptors (Lipinski definition) is 4. The highest BCUT2D eigenvalue weighted by Gasteiger charge is 2.06. The number of halogens is 1. The Morgan fingerprint density at radius 2 is 1.79 bits per heavy atom. The number of carboxylic acid groups (broad SMARTS) is 1. The Morgan fingerprint density at radius 1 is 1.12 bits per heavy atom. The maximum atomic E-state index is 11.0. The van der Waals surface area contributed by atoms with E-state index in [0.717, 1.165) is 11.3 Å². The van der Waals surface area contributed by atoms with Crippen molar-refractivity contribution in [3.8, 4) is 0 Å². The van der Waals surface area contributed by atoms with Crippen LogP contribution in [0.25, 0.3) is 0 Å². The second kappa shape index (κ2) is 9.27. The van der Waals surface area contributed by atoms with Crippen LogP contribution in [0.1, 0.15) is 15.9 Å². The lowest BCUT2D eigenvalue weighted by molar-refractivity contribution is -0.657. The molecule has 2 aromatic carbocycles. The van der Waals surface area contributed by atoms with E-state index in [1.165, 1.54) is 32.2 Å². The maximum absolute atomic E-state index is 11.0. The van der Waals surface area contributed by atoms with Gasteiger partial charge in [-0.05, 0) is 30.7 Å². The van der Waals surface area contributed by atoms with Crippen LogP contribution >= 0.6 is 11.6 Å². The van der Waals surface area contributed by atoms with Crippen molar-refractivity contribution in [2.75, 3.05) is 31.5 Å². The van der Waals surface area contributed by atoms with Crippen LogP contribution in [0.5, 0.6) is 0 Å². The van der Waals surface area contributed by atoms with Crippen molar-refractivity contribution in [1.29, 1.82) is 0 Å². The minimum absolute atomic E-state index is 0.122. The number of benzene rings is 2. The van der Waals surface area contributed by atoms with Crippen molar-refractivity contribution in [3.63, 3.8) is 0 Å². The second-order valence-corrected chi connectivity index (χ2v) is 5.89. The summed E-state index contributed by atoms with van der Waals surface area (Å²) in [5.74, 6) is -1.21. The smallest absolute Gasteiger partial charge is 0.0882 e. The molecule has 24 heavy (non-hydrogen) atoms. The molecule has 5 nitrogen and oxygen atoms in total. The zero-order valence-electron chi connectivity index (χ0n) is 13.6. The highest BCUT2D eigenvalue weighted by molar-refractivity contribution is 6.31. The molecule has 1 aliphatic heterocycles. The third-order valence-corrected chi connectivity index (χ3v) is 4.14. The van der Waals surface area contributed by atoms with Gasteiger partial charge in [0.2, 0.25) is 0 Å². The third-order valence-electron chi connectivity index (χ3n) is 3.73. The van der Waals surface area contributed by atoms with Gasteiger partial charge in [0, 0.05) is 35.1 Å². The van der Waals surface area contributed by atoms with E-state index in [1.807, 2.05) is 13.0 Å². The third kappa shape index (κ3) is 5.23. The number of nitrogens with one attached hydrogen (secondary N) is 2. The van der Waals surface area contributed by atoms with Crippen LogP contribution in [0.3, 0.4) is 0 Å². The summed E-state index contributed by atoms with van der Waals surface area (Å²) >= 11 is 6.01. The van der Waals surface area contributed by atoms with Gasteiger partial charge in [-0.15, -0.1) is 0 Å². The number of rotatable bonds is 3. The molecule has 0 aromatic heterocycles. The summed E-state index contributed by atoms with van der Waals surface area (Å²) in [5.41, 5.74) is 2.25. The summed E-state index contributed by atoms with van der Waals surface area (Å²) in [6, 6.07) is 12.0. The predicted molar refractivity (Wildman–Crippen MR) is 94.8 cm³/mol. The van der Waals surface area contributed by atoms with E-state index >= 15 is 0 Å². The molecule has 0 atom stereocenters. The summed E-state index contributed by atoms with van der Waals surface area (Å²) in [4.78, 5) is 11.0. The Balaban J connectivity index is 0.000000292. The summed E-state index contributed by atoms with van der Waals surface area (Å²) in [7, 11) is 0. The highest BCUT2D eigenvalue weighted by atomic mass is 35.5. The monoisotopic (exact) mass is 347 g/mol. The lowest BCUT2D eigenvalue weighted by atomic mass is 10.1. The van der Waals surface area contributed by atoms with Gasteiger partial charge in [0.15, 0.2) is 0 Å². The number of quaternary nitrogens is 1. The molecule has 0 saturated carbocycles. The molecule has 6 heteroatoms. The number of carbonyl (C=O) groups excluding carboxylic acids is 1. The van der Waals surface area contributed by atoms with Crippen molar-refractivity contribution >= 4 is 28.9 Å². The van der Waals surface area contributed by atoms with Crippen LogP contribution in [-0.2, 0) is 0 Å². The average molecular weight is 348 g/mol. The van der Waals surface area contributed by atoms with Gasteiger partial charge in [-0.25, -0.2) is 0 Å². The molecule has 1 saturated heterocycles. The lowest BCUT2D eigenvalue weighted by Gasteiger charge is -2.14. The minimum atomic E-state index is -1.21. The van der Waals surface area contributed by atoms with Crippen LogP contribution < -0.4 is 21.1 Å². The Kier molecular flexibility index (Phi) is 7.06. The first-order chi connectivity index (χ1) is 11.6. The molecule has 128 valence electrons. The quantitative estimate of drug-likeness (QED) is 0.771. The molecule has 1 fully saturated rings. The van der Waals surface area contributed by atoms with Gasteiger partial charge in [0.05, 0.1) is 19.1 Å². The van der Waals surface area contributed by atoms with Gasteiger partial charge >= 0.3 is 0 Å². The van der Waals surface area contributed by atoms with Crippen molar-refractivity contribution in [3.05, 3.63) is 58.6 Å². The first-order valence-corrected chi connectivity index (χ1v) is 8.32. The van der Waals surface area contributed by atoms with Crippen LogP contribution in [0.2, 0.25) is 5.02 Å². The molecule has 4 N–H and O–H groups in total. The molecule has 0 radical (unpaired) electrons. The molecule has 0 spiro atoms. The summed E-state index contributed by atoms with van der Waals surface area (Å²) in [6.45, 7) is 6.78. The molecule has 3 rings (SSSR count). The van der Waals surface area contributed by atoms with Gasteiger partial charge in [0.1, 0.15) is 0 Å². The summed E-state index contributed by atoms with van der Waals surface area (Å²) in [6.07, 6.45) is 0. The SMILES string of the molecule is C1C[NH2+]CCN1.Cc1c(Cl)cccc1Nc1ccccc1C(=O)[O-]. The molecule has 0 amide bonds. The number of hydrogen-bond donors (Lipinski definition) is 3. The Hall–Kier alpha value is -2.08. The fourth-order valence-electron chi connectivity index (χ4n) is 2.34. The predicted octanol–water partition coefficient (Wildman–Crippen LogP) is 0.909. The number of anilines is 2. The zero-order valence-corrected chi connectivity index (χ0v) is 14.4. The molecular formula is C18H22ClN3O2. The van der Waals surface area contributed by atoms with Crippen LogP contribution in [0, 0.1) is 6.92 Å². The van der Waals surface area contributed by atoms with Gasteiger partial charge in [-0.2, -0.15) is 0 Å². The summed E-state index contributed by atoms with van der Waals surface area (Å²) in [5, 5.41) is 20.3. The lowest BCUT2D eigenvalue weighted by Crippen LogP contribution is -2.89. The van der Waals surface area contributed by atoms with E-state index in [9.17, 15) is 9.90 Å². The van der Waals surface area contributed by atoms with E-state index in [0.29, 0.717) is 10.7 Å². The van der Waals surface area contributed by atoms with Gasteiger partial charge in [0.25, 0.3) is 0 Å². The molecule has 0 bridgehead atoms. The second-order valence-electron chi connectivity index (χ2n) is 5.49. The topological polar surface area (TPSA) is 80.8 Å². The number of carbonyl (C=O) groups is 1. The Bertz CT molecular complexity index is 676. The standard InChI is InChI=1S/C14H12ClNO2.C4H10N2/c1-9-11(15)6-4-8-12(9)16-13-7-3-2-5-10(13)14(17)18;1-2-6-4-3-5-1/h2-8,16H,1H3,(H,17,18);5-6H,1-4H2. The molecule has 0 unspecified atom stereocenters. The van der Waals surface area contributed by atoms with Gasteiger partial charge in [-0.3, -0.25) is 0 Å². The van der Waals surface area contributed by atoms with E-state index in [1.54, 1.807) is 30.3 Å². The summed E-state index contributed by atoms with van der Waals surface area (Å²) < 4.78 is 0. The van der Waals surface area contributed by atoms with Crippen molar-refractivity contribution in [2.24, 2.45) is 0 Å². The normalized spacial score (nSPS) is 13.6. The zero-order chi connectivity index (χ0) is 17.4. The fraction of sp³-hybridized carbons (Fsp3) is 0.278. The van der Waals surface area contributed by atoms with Crippen molar-refractivity contribution in [2.45, 2.75) is 6.92 Å². The van der Waals surface area contributed by atoms with Crippen molar-refractivity contribution in [1.82, 2.24) is 5.32 Å². The Labute approximate surface area is 147 Å². The number of piperazine rings is 1. The fourth-order valence-corrected chi connectivity index (χ4v) is 2.51. The van der Waals surface area contributed by atoms with E-state index in [-0.39, 0.29) is 5.56 Å². The highest BCUT2D eigenvalue weighted by Crippen LogP contribution is 2.27. The van der Waals surface area contributed by atoms with E-state index in [4.69, 9.17) is 11.6 Å². The molecule has 0 aliphatic carbocycles. The van der Waals surface area contributed by atoms with Crippen LogP contribution in [0.4, 0.5) is 11.4 Å². The van der Waals surface area contributed by atoms with E-state index < -0.39 is 5.97 Å². The Morgan fingerprint density at radius 3 is 2.38 bits per heavy atom. The number of aromatic carboxylic acids is 1. The molecule has 1 aliphatic rings. The van der Waals surface area contributed by atoms with Crippen LogP contribution in [0.15, 0.2) is 42.5 Å². The van der Waals surface area contributed by atoms with Gasteiger partial charge < -0.3 is 25.9 Å². The molecule has 2 aromatic rings. The first kappa shape index (κ1) is 18.3. The molecule has 1 heterocycles. The van der Waals surface area contributed by atoms with Crippen LogP contribution in [-0.4, -0.2) is 32.1 Å². The average Bonchev–Trinajstić information content (AvgIpc) is 2.61. The van der Waals surface area contributed by atoms with Gasteiger partial charge in [-0.1, -0.05) is 35.9 Å². The number of nitrogens with two attached hydrogens (primary N) is 1. The largest absolute Gasteiger partial charge is 0.545 e. The number of carboxylic acids is 1. The minimum Gasteiger partial charge on any atom is -0.545 e. The van der Waals surface area contributed by atoms with E-state index in [2.05, 4.69) is 16.0 Å². The maximum Gasteiger partial charge on any atom is 0.0882 e. The molecular weight excluding hydrogens is 326 g/mol. The number of para-hydroxylation sites is 1. The van der Waals surface area contributed by atoms with Crippen molar-refractivity contribution < 1.29 is 15.2 Å².